The van der Waals surface area contributed by atoms with Crippen molar-refractivity contribution in [3.05, 3.63) is 65.6 Å². The summed E-state index contributed by atoms with van der Waals surface area (Å²) in [7, 11) is -2.19. The number of carbonyl (C=O) groups excluding carboxylic acids is 1. The Morgan fingerprint density at radius 2 is 1.84 bits per heavy atom. The number of amides is 1. The average molecular weight is 453 g/mol. The third-order valence-electron chi connectivity index (χ3n) is 5.96. The Kier molecular flexibility index (Phi) is 4.54. The molecule has 1 amide bonds. The number of benzene rings is 2. The predicted molar refractivity (Wildman–Crippen MR) is 117 cm³/mol. The van der Waals surface area contributed by atoms with Crippen molar-refractivity contribution >= 4 is 39.1 Å². The molecule has 0 saturated heterocycles. The largest absolute Gasteiger partial charge is 0.324 e. The monoisotopic (exact) mass is 453 g/mol. The van der Waals surface area contributed by atoms with E-state index in [1.165, 1.54) is 36.2 Å². The second-order valence-electron chi connectivity index (χ2n) is 7.94. The van der Waals surface area contributed by atoms with E-state index in [1.54, 1.807) is 24.4 Å². The van der Waals surface area contributed by atoms with Gasteiger partial charge in [-0.2, -0.15) is 4.98 Å². The van der Waals surface area contributed by atoms with Gasteiger partial charge in [0.1, 0.15) is 11.6 Å². The zero-order valence-electron chi connectivity index (χ0n) is 17.4. The van der Waals surface area contributed by atoms with Crippen LogP contribution in [0, 0.1) is 12.7 Å². The second kappa shape index (κ2) is 7.07. The fourth-order valence-electron chi connectivity index (χ4n) is 3.99. The molecule has 0 atom stereocenters. The van der Waals surface area contributed by atoms with E-state index in [0.717, 1.165) is 11.1 Å². The third kappa shape index (κ3) is 3.14. The first-order valence-electron chi connectivity index (χ1n) is 10.0. The Morgan fingerprint density at radius 1 is 1.12 bits per heavy atom. The van der Waals surface area contributed by atoms with E-state index >= 15 is 0 Å². The van der Waals surface area contributed by atoms with Crippen LogP contribution < -0.4 is 14.9 Å². The number of halogens is 1. The number of hydrogen-bond donors (Lipinski definition) is 2. The van der Waals surface area contributed by atoms with Crippen LogP contribution in [0.2, 0.25) is 0 Å². The van der Waals surface area contributed by atoms with E-state index in [9.17, 15) is 17.6 Å². The van der Waals surface area contributed by atoms with Crippen molar-refractivity contribution in [2.24, 2.45) is 0 Å². The number of aryl methyl sites for hydroxylation is 1. The van der Waals surface area contributed by atoms with Crippen LogP contribution in [-0.2, 0) is 20.2 Å². The summed E-state index contributed by atoms with van der Waals surface area (Å²) >= 11 is 0. The molecule has 1 aromatic heterocycles. The van der Waals surface area contributed by atoms with Gasteiger partial charge >= 0.3 is 0 Å². The molecule has 164 valence electrons. The molecule has 0 radical (unpaired) electrons. The van der Waals surface area contributed by atoms with Gasteiger partial charge < -0.3 is 5.32 Å². The number of sulfonamides is 1. The molecule has 0 bridgehead atoms. The molecule has 2 heterocycles. The molecular weight excluding hydrogens is 433 g/mol. The fraction of sp³-hybridized carbons (Fsp3) is 0.227. The SMILES string of the molecule is CNS(=O)(=O)c1ccc(Nc2ncc3c(n2)N(c2cc(F)ccc2C)C(=O)C32CC2)cc1. The number of rotatable bonds is 5. The number of nitrogens with one attached hydrogen (secondary N) is 2. The molecule has 1 aliphatic carbocycles. The van der Waals surface area contributed by atoms with Crippen LogP contribution >= 0.6 is 0 Å². The maximum Gasteiger partial charge on any atom is 0.243 e. The molecule has 1 spiro atoms. The van der Waals surface area contributed by atoms with E-state index in [1.807, 2.05) is 6.92 Å². The number of hydrogen-bond acceptors (Lipinski definition) is 6. The average Bonchev–Trinajstić information content (AvgIpc) is 3.54. The van der Waals surface area contributed by atoms with Crippen LogP contribution in [0.25, 0.3) is 0 Å². The summed E-state index contributed by atoms with van der Waals surface area (Å²) in [6.07, 6.45) is 3.06. The molecule has 2 aliphatic rings. The minimum Gasteiger partial charge on any atom is -0.324 e. The molecule has 5 rings (SSSR count). The van der Waals surface area contributed by atoms with Crippen molar-refractivity contribution in [3.63, 3.8) is 0 Å². The number of nitrogens with zero attached hydrogens (tertiary/aromatic N) is 3. The minimum absolute atomic E-state index is 0.116. The summed E-state index contributed by atoms with van der Waals surface area (Å²) in [5.41, 5.74) is 1.92. The lowest BCUT2D eigenvalue weighted by atomic mass is 10.0. The Bertz CT molecular complexity index is 1350. The van der Waals surface area contributed by atoms with Gasteiger partial charge in [0, 0.05) is 17.4 Å². The maximum absolute atomic E-state index is 14.0. The lowest BCUT2D eigenvalue weighted by Gasteiger charge is -2.20. The van der Waals surface area contributed by atoms with Gasteiger partial charge in [-0.1, -0.05) is 6.07 Å². The molecule has 0 unspecified atom stereocenters. The summed E-state index contributed by atoms with van der Waals surface area (Å²) < 4.78 is 40.1. The van der Waals surface area contributed by atoms with Crippen LogP contribution in [0.5, 0.6) is 0 Å². The Balaban J connectivity index is 1.52. The van der Waals surface area contributed by atoms with Crippen LogP contribution in [-0.4, -0.2) is 31.3 Å². The maximum atomic E-state index is 14.0. The Morgan fingerprint density at radius 3 is 2.50 bits per heavy atom. The first kappa shape index (κ1) is 20.5. The summed E-state index contributed by atoms with van der Waals surface area (Å²) in [6.45, 7) is 1.82. The number of aromatic nitrogens is 2. The normalized spacial score (nSPS) is 16.3. The molecule has 2 N–H and O–H groups in total. The lowest BCUT2D eigenvalue weighted by molar-refractivity contribution is -0.119. The Hall–Kier alpha value is -3.37. The predicted octanol–water partition coefficient (Wildman–Crippen LogP) is 3.29. The molecule has 1 fully saturated rings. The van der Waals surface area contributed by atoms with Crippen molar-refractivity contribution in [1.82, 2.24) is 14.7 Å². The highest BCUT2D eigenvalue weighted by Gasteiger charge is 2.60. The molecular formula is C22H20FN5O3S. The molecule has 1 saturated carbocycles. The van der Waals surface area contributed by atoms with Gasteiger partial charge in [-0.05, 0) is 68.8 Å². The van der Waals surface area contributed by atoms with Crippen molar-refractivity contribution < 1.29 is 17.6 Å². The zero-order chi connectivity index (χ0) is 22.7. The second-order valence-corrected chi connectivity index (χ2v) is 9.83. The zero-order valence-corrected chi connectivity index (χ0v) is 18.2. The first-order chi connectivity index (χ1) is 15.2. The molecule has 10 heteroatoms. The number of fused-ring (bicyclic) bond motifs is 2. The quantitative estimate of drug-likeness (QED) is 0.614. The number of carbonyl (C=O) groups is 1. The van der Waals surface area contributed by atoms with Gasteiger partial charge in [-0.25, -0.2) is 22.5 Å². The van der Waals surface area contributed by atoms with E-state index in [0.29, 0.717) is 30.0 Å². The van der Waals surface area contributed by atoms with Gasteiger partial charge in [0.2, 0.25) is 21.9 Å². The van der Waals surface area contributed by atoms with Crippen LogP contribution in [0.4, 0.5) is 27.5 Å². The topological polar surface area (TPSA) is 104 Å². The first-order valence-corrected chi connectivity index (χ1v) is 11.5. The van der Waals surface area contributed by atoms with Crippen LogP contribution in [0.3, 0.4) is 0 Å². The highest BCUT2D eigenvalue weighted by Crippen LogP contribution is 2.58. The fourth-order valence-corrected chi connectivity index (χ4v) is 4.72. The summed E-state index contributed by atoms with van der Waals surface area (Å²) in [5, 5.41) is 3.04. The number of anilines is 4. The molecule has 3 aromatic rings. The Labute approximate surface area is 184 Å². The molecule has 8 nitrogen and oxygen atoms in total. The third-order valence-corrected chi connectivity index (χ3v) is 7.39. The molecule has 32 heavy (non-hydrogen) atoms. The molecule has 1 aliphatic heterocycles. The van der Waals surface area contributed by atoms with Crippen molar-refractivity contribution in [1.29, 1.82) is 0 Å². The molecule has 2 aromatic carbocycles. The van der Waals surface area contributed by atoms with E-state index in [-0.39, 0.29) is 16.8 Å². The van der Waals surface area contributed by atoms with Crippen LogP contribution in [0.1, 0.15) is 24.0 Å². The van der Waals surface area contributed by atoms with E-state index in [2.05, 4.69) is 20.0 Å². The standard InChI is InChI=1S/C22H20FN5O3S/c1-13-3-4-14(23)11-18(13)28-19-17(22(9-10-22)20(28)29)12-25-21(27-19)26-15-5-7-16(8-6-15)32(30,31)24-2/h3-8,11-12,24H,9-10H2,1-2H3,(H,25,26,27). The smallest absolute Gasteiger partial charge is 0.243 e. The van der Waals surface area contributed by atoms with Gasteiger partial charge in [0.25, 0.3) is 0 Å². The summed E-state index contributed by atoms with van der Waals surface area (Å²) in [6, 6.07) is 10.5. The highest BCUT2D eigenvalue weighted by atomic mass is 32.2. The van der Waals surface area contributed by atoms with Crippen molar-refractivity contribution in [3.8, 4) is 0 Å². The summed E-state index contributed by atoms with van der Waals surface area (Å²) in [4.78, 5) is 23.9. The summed E-state index contributed by atoms with van der Waals surface area (Å²) in [5.74, 6) is 0.139. The van der Waals surface area contributed by atoms with E-state index in [4.69, 9.17) is 0 Å². The highest BCUT2D eigenvalue weighted by molar-refractivity contribution is 7.89. The van der Waals surface area contributed by atoms with Crippen LogP contribution in [0.15, 0.2) is 53.6 Å². The van der Waals surface area contributed by atoms with Gasteiger partial charge in [0.15, 0.2) is 0 Å². The lowest BCUT2D eigenvalue weighted by Crippen LogP contribution is -2.28. The van der Waals surface area contributed by atoms with Gasteiger partial charge in [-0.15, -0.1) is 0 Å². The van der Waals surface area contributed by atoms with Crippen molar-refractivity contribution in [2.75, 3.05) is 17.3 Å². The minimum atomic E-state index is -3.54. The van der Waals surface area contributed by atoms with Crippen molar-refractivity contribution in [2.45, 2.75) is 30.1 Å². The van der Waals surface area contributed by atoms with Gasteiger partial charge in [-0.3, -0.25) is 9.69 Å². The van der Waals surface area contributed by atoms with Gasteiger partial charge in [0.05, 0.1) is 16.0 Å². The van der Waals surface area contributed by atoms with E-state index < -0.39 is 21.3 Å².